The van der Waals surface area contributed by atoms with Gasteiger partial charge in [0.15, 0.2) is 9.34 Å². The second-order valence-electron chi connectivity index (χ2n) is 11.3. The number of hydrogen-bond donors (Lipinski definition) is 7. The van der Waals surface area contributed by atoms with E-state index in [0.29, 0.717) is 23.2 Å². The van der Waals surface area contributed by atoms with E-state index in [4.69, 9.17) is 0 Å². The van der Waals surface area contributed by atoms with Crippen LogP contribution in [0.5, 0.6) is 0 Å². The van der Waals surface area contributed by atoms with Gasteiger partial charge in [0.1, 0.15) is 6.04 Å². The van der Waals surface area contributed by atoms with E-state index in [0.717, 1.165) is 77.5 Å². The van der Waals surface area contributed by atoms with Crippen LogP contribution in [0.3, 0.4) is 0 Å². The summed E-state index contributed by atoms with van der Waals surface area (Å²) in [6, 6.07) is -1.67. The first-order valence-corrected chi connectivity index (χ1v) is 17.2. The number of thiazole rings is 1. The maximum Gasteiger partial charge on any atom is 0.323 e. The van der Waals surface area contributed by atoms with Crippen molar-refractivity contribution < 1.29 is 32.7 Å². The van der Waals surface area contributed by atoms with E-state index in [-0.39, 0.29) is 58.2 Å². The Bertz CT molecular complexity index is 1200. The van der Waals surface area contributed by atoms with Crippen LogP contribution >= 0.6 is 36.2 Å². The van der Waals surface area contributed by atoms with Crippen molar-refractivity contribution in [3.05, 3.63) is 5.69 Å². The number of carbonyl (C=O) groups excluding carboxylic acids is 3. The predicted molar refractivity (Wildman–Crippen MR) is 177 cm³/mol. The van der Waals surface area contributed by atoms with Gasteiger partial charge in [-0.2, -0.15) is 4.72 Å². The van der Waals surface area contributed by atoms with Crippen molar-refractivity contribution in [2.75, 3.05) is 44.6 Å². The van der Waals surface area contributed by atoms with Crippen molar-refractivity contribution in [1.29, 1.82) is 0 Å². The molecule has 2 aliphatic heterocycles. The van der Waals surface area contributed by atoms with Crippen LogP contribution in [0, 0.1) is 24.7 Å². The van der Waals surface area contributed by atoms with Crippen molar-refractivity contribution in [3.63, 3.8) is 0 Å². The number of nitrogens with zero attached hydrogens (tertiary/aromatic N) is 1. The number of aromatic nitrogens is 1. The number of amides is 3. The van der Waals surface area contributed by atoms with Gasteiger partial charge in [-0.3, -0.25) is 19.2 Å². The molecule has 0 radical (unpaired) electrons. The van der Waals surface area contributed by atoms with Gasteiger partial charge >= 0.3 is 5.97 Å². The zero-order chi connectivity index (χ0) is 31.4. The van der Waals surface area contributed by atoms with E-state index >= 15 is 0 Å². The third-order valence-electron chi connectivity index (χ3n) is 7.94. The van der Waals surface area contributed by atoms with Crippen LogP contribution in [-0.2, 0) is 29.2 Å². The molecular weight excluding hydrogens is 669 g/mol. The Hall–Kier alpha value is -2.08. The molecule has 2 aliphatic rings. The Morgan fingerprint density at radius 1 is 0.956 bits per heavy atom. The molecule has 0 saturated carbocycles. The molecule has 14 nitrogen and oxygen atoms in total. The average molecular weight is 717 g/mol. The topological polar surface area (TPSA) is 208 Å². The zero-order valence-corrected chi connectivity index (χ0v) is 29.0. The van der Waals surface area contributed by atoms with Crippen molar-refractivity contribution in [2.45, 2.75) is 75.5 Å². The second kappa shape index (κ2) is 20.2. The predicted octanol–water partition coefficient (Wildman–Crippen LogP) is 1.39. The minimum atomic E-state index is -4.32. The SMILES string of the molecule is CC(=O)Nc1nc(C)c(S(=O)(=O)NC(CNC(=O)CNC(=O)C(CCC2CCNCC2)CCC2CCNCC2)C(=O)O)s1.Cl.Cl. The van der Waals surface area contributed by atoms with Crippen LogP contribution < -0.4 is 31.3 Å². The Morgan fingerprint density at radius 2 is 1.49 bits per heavy atom. The lowest BCUT2D eigenvalue weighted by atomic mass is 9.84. The van der Waals surface area contributed by atoms with Gasteiger partial charge in [0, 0.05) is 19.4 Å². The molecular formula is C27H47Cl2N7O7S2. The summed E-state index contributed by atoms with van der Waals surface area (Å²) in [5.74, 6) is -1.78. The number of piperidine rings is 2. The highest BCUT2D eigenvalue weighted by Gasteiger charge is 2.30. The number of carboxylic acid groups (broad SMARTS) is 1. The fourth-order valence-corrected chi connectivity index (χ4v) is 8.13. The first kappa shape index (κ1) is 40.9. The fourth-order valence-electron chi connectivity index (χ4n) is 5.47. The lowest BCUT2D eigenvalue weighted by Crippen LogP contribution is -2.50. The molecule has 0 aliphatic carbocycles. The van der Waals surface area contributed by atoms with Crippen LogP contribution in [0.2, 0.25) is 0 Å². The lowest BCUT2D eigenvalue weighted by molar-refractivity contribution is -0.139. The summed E-state index contributed by atoms with van der Waals surface area (Å²) in [6.45, 7) is 5.76. The molecule has 7 N–H and O–H groups in total. The van der Waals surface area contributed by atoms with Crippen LogP contribution in [0.4, 0.5) is 5.13 Å². The smallest absolute Gasteiger partial charge is 0.323 e. The van der Waals surface area contributed by atoms with E-state index in [1.165, 1.54) is 13.8 Å². The Labute approximate surface area is 281 Å². The second-order valence-corrected chi connectivity index (χ2v) is 14.3. The molecule has 0 aromatic carbocycles. The molecule has 0 spiro atoms. The van der Waals surface area contributed by atoms with Gasteiger partial charge in [-0.05, 0) is 96.3 Å². The molecule has 1 unspecified atom stereocenters. The molecule has 2 fully saturated rings. The van der Waals surface area contributed by atoms with E-state index in [9.17, 15) is 32.7 Å². The molecule has 1 aromatic heterocycles. The van der Waals surface area contributed by atoms with Gasteiger partial charge in [0.2, 0.25) is 17.7 Å². The first-order chi connectivity index (χ1) is 20.4. The van der Waals surface area contributed by atoms with Gasteiger partial charge in [0.05, 0.1) is 12.2 Å². The average Bonchev–Trinajstić information content (AvgIpc) is 3.34. The molecule has 1 atom stereocenters. The highest BCUT2D eigenvalue weighted by molar-refractivity contribution is 7.91. The molecule has 45 heavy (non-hydrogen) atoms. The van der Waals surface area contributed by atoms with E-state index < -0.39 is 40.4 Å². The van der Waals surface area contributed by atoms with Gasteiger partial charge < -0.3 is 31.7 Å². The summed E-state index contributed by atoms with van der Waals surface area (Å²) in [7, 11) is -4.32. The minimum absolute atomic E-state index is 0. The molecule has 1 aromatic rings. The van der Waals surface area contributed by atoms with Crippen molar-refractivity contribution in [3.8, 4) is 0 Å². The molecule has 258 valence electrons. The summed E-state index contributed by atoms with van der Waals surface area (Å²) in [5, 5.41) is 23.9. The molecule has 3 heterocycles. The van der Waals surface area contributed by atoms with Gasteiger partial charge in [-0.25, -0.2) is 13.4 Å². The number of hydrogen-bond acceptors (Lipinski definition) is 10. The number of nitrogens with one attached hydrogen (secondary N) is 6. The van der Waals surface area contributed by atoms with Crippen LogP contribution in [0.25, 0.3) is 0 Å². The Morgan fingerprint density at radius 3 is 1.98 bits per heavy atom. The van der Waals surface area contributed by atoms with Crippen LogP contribution in [0.1, 0.15) is 64.0 Å². The maximum absolute atomic E-state index is 13.2. The molecule has 18 heteroatoms. The van der Waals surface area contributed by atoms with E-state index in [1.54, 1.807) is 0 Å². The van der Waals surface area contributed by atoms with Gasteiger partial charge in [0.25, 0.3) is 10.0 Å². The number of sulfonamides is 1. The summed E-state index contributed by atoms with van der Waals surface area (Å²) >= 11 is 0.685. The van der Waals surface area contributed by atoms with E-state index in [1.807, 2.05) is 0 Å². The maximum atomic E-state index is 13.2. The highest BCUT2D eigenvalue weighted by atomic mass is 35.5. The van der Waals surface area contributed by atoms with Crippen molar-refractivity contribution in [1.82, 2.24) is 31.0 Å². The number of rotatable bonds is 16. The number of carbonyl (C=O) groups is 4. The van der Waals surface area contributed by atoms with Gasteiger partial charge in [-0.15, -0.1) is 24.8 Å². The monoisotopic (exact) mass is 715 g/mol. The highest BCUT2D eigenvalue weighted by Crippen LogP contribution is 2.28. The normalized spacial score (nSPS) is 16.6. The number of aliphatic carboxylic acids is 1. The number of halogens is 2. The molecule has 3 rings (SSSR count). The Balaban J connectivity index is 0.00000506. The molecule has 0 bridgehead atoms. The third-order valence-corrected chi connectivity index (χ3v) is 11.1. The summed E-state index contributed by atoms with van der Waals surface area (Å²) in [5.41, 5.74) is 0.0898. The summed E-state index contributed by atoms with van der Waals surface area (Å²) in [4.78, 5) is 52.7. The summed E-state index contributed by atoms with van der Waals surface area (Å²) < 4.78 is 27.5. The van der Waals surface area contributed by atoms with Crippen LogP contribution in [0.15, 0.2) is 4.21 Å². The quantitative estimate of drug-likeness (QED) is 0.131. The molecule has 2 saturated heterocycles. The van der Waals surface area contributed by atoms with Gasteiger partial charge in [-0.1, -0.05) is 11.3 Å². The number of anilines is 1. The minimum Gasteiger partial charge on any atom is -0.480 e. The van der Waals surface area contributed by atoms with Crippen molar-refractivity contribution in [2.24, 2.45) is 17.8 Å². The zero-order valence-electron chi connectivity index (χ0n) is 25.7. The van der Waals surface area contributed by atoms with Crippen LogP contribution in [-0.4, -0.2) is 87.5 Å². The third kappa shape index (κ3) is 14.1. The van der Waals surface area contributed by atoms with Crippen molar-refractivity contribution >= 4 is 75.0 Å². The first-order valence-electron chi connectivity index (χ1n) is 14.9. The largest absolute Gasteiger partial charge is 0.480 e. The van der Waals surface area contributed by atoms with E-state index in [2.05, 4.69) is 36.3 Å². The fraction of sp³-hybridized carbons (Fsp3) is 0.741. The number of carboxylic acids is 1. The molecule has 3 amide bonds. The standard InChI is InChI=1S/C27H45N7O7S2.2ClH/c1-17-26(42-27(32-17)33-18(2)35)43(40,41)34-22(25(38)39)15-30-23(36)16-31-24(37)21(5-3-19-7-11-28-12-8-19)6-4-20-9-13-29-14-10-20;;/h19-22,28-29,34H,3-16H2,1-2H3,(H,30,36)(H,31,37)(H,38,39)(H,32,33,35);2*1H. The summed E-state index contributed by atoms with van der Waals surface area (Å²) in [6.07, 6.45) is 7.82. The number of aryl methyl sites for hydroxylation is 1. The lowest BCUT2D eigenvalue weighted by Gasteiger charge is -2.27. The Kier molecular flexibility index (Phi) is 18.4.